The number of nitrogens with two attached hydrogens (primary N) is 1. The Kier molecular flexibility index (Phi) is 4.48. The molecular weight excluding hydrogens is 208 g/mol. The van der Waals surface area contributed by atoms with Crippen LogP contribution < -0.4 is 5.73 Å². The minimum atomic E-state index is 0.349. The Morgan fingerprint density at radius 3 is 2.53 bits per heavy atom. The van der Waals surface area contributed by atoms with Crippen LogP contribution >= 0.6 is 0 Å². The van der Waals surface area contributed by atoms with Gasteiger partial charge in [0.2, 0.25) is 0 Å². The minimum Gasteiger partial charge on any atom is -0.329 e. The molecule has 0 bridgehead atoms. The first-order valence-electron chi connectivity index (χ1n) is 7.68. The highest BCUT2D eigenvalue weighted by Crippen LogP contribution is 2.40. The Morgan fingerprint density at radius 1 is 1.18 bits per heavy atom. The maximum Gasteiger partial charge on any atom is 0.0334 e. The highest BCUT2D eigenvalue weighted by molar-refractivity contribution is 5.00. The van der Waals surface area contributed by atoms with Gasteiger partial charge in [0.1, 0.15) is 0 Å². The van der Waals surface area contributed by atoms with Crippen LogP contribution in [0.5, 0.6) is 0 Å². The lowest BCUT2D eigenvalue weighted by atomic mass is 9.87. The second-order valence-electron chi connectivity index (χ2n) is 6.39. The van der Waals surface area contributed by atoms with Gasteiger partial charge in [-0.25, -0.2) is 0 Å². The molecule has 0 aliphatic heterocycles. The lowest BCUT2D eigenvalue weighted by molar-refractivity contribution is 0.0684. The average Bonchev–Trinajstić information content (AvgIpc) is 3.15. The number of rotatable bonds is 5. The molecular formula is C15H30N2. The van der Waals surface area contributed by atoms with Crippen molar-refractivity contribution in [1.82, 2.24) is 4.90 Å². The van der Waals surface area contributed by atoms with Crippen LogP contribution in [0, 0.1) is 5.92 Å². The van der Waals surface area contributed by atoms with Gasteiger partial charge in [0.15, 0.2) is 0 Å². The van der Waals surface area contributed by atoms with Gasteiger partial charge in [-0.3, -0.25) is 4.90 Å². The summed E-state index contributed by atoms with van der Waals surface area (Å²) in [5.74, 6) is 0.908. The van der Waals surface area contributed by atoms with Crippen molar-refractivity contribution >= 4 is 0 Å². The summed E-state index contributed by atoms with van der Waals surface area (Å²) in [4.78, 5) is 2.80. The molecule has 2 rings (SSSR count). The zero-order chi connectivity index (χ0) is 12.3. The van der Waals surface area contributed by atoms with Gasteiger partial charge in [-0.15, -0.1) is 0 Å². The quantitative estimate of drug-likeness (QED) is 0.746. The van der Waals surface area contributed by atoms with E-state index in [1.807, 2.05) is 0 Å². The van der Waals surface area contributed by atoms with Crippen LogP contribution in [0.4, 0.5) is 0 Å². The molecule has 2 heteroatoms. The van der Waals surface area contributed by atoms with Gasteiger partial charge in [0.25, 0.3) is 0 Å². The Bertz CT molecular complexity index is 237. The maximum absolute atomic E-state index is 6.21. The van der Waals surface area contributed by atoms with Gasteiger partial charge in [-0.1, -0.05) is 26.7 Å². The maximum atomic E-state index is 6.21. The van der Waals surface area contributed by atoms with Crippen molar-refractivity contribution in [3.8, 4) is 0 Å². The third-order valence-corrected chi connectivity index (χ3v) is 4.88. The van der Waals surface area contributed by atoms with Crippen molar-refractivity contribution in [2.24, 2.45) is 11.7 Å². The van der Waals surface area contributed by atoms with E-state index in [9.17, 15) is 0 Å². The number of hydrogen-bond donors (Lipinski definition) is 1. The largest absolute Gasteiger partial charge is 0.329 e. The highest BCUT2D eigenvalue weighted by Gasteiger charge is 2.43. The molecule has 2 atom stereocenters. The van der Waals surface area contributed by atoms with Gasteiger partial charge < -0.3 is 5.73 Å². The molecule has 0 amide bonds. The second-order valence-corrected chi connectivity index (χ2v) is 6.39. The number of hydrogen-bond acceptors (Lipinski definition) is 2. The molecule has 0 spiro atoms. The van der Waals surface area contributed by atoms with Crippen molar-refractivity contribution in [3.63, 3.8) is 0 Å². The third-order valence-electron chi connectivity index (χ3n) is 4.88. The molecule has 17 heavy (non-hydrogen) atoms. The van der Waals surface area contributed by atoms with Crippen molar-refractivity contribution < 1.29 is 0 Å². The van der Waals surface area contributed by atoms with E-state index in [2.05, 4.69) is 18.7 Å². The first kappa shape index (κ1) is 13.4. The molecule has 0 heterocycles. The molecule has 2 aliphatic carbocycles. The molecule has 0 aromatic carbocycles. The van der Waals surface area contributed by atoms with Gasteiger partial charge in [0.05, 0.1) is 0 Å². The van der Waals surface area contributed by atoms with Gasteiger partial charge >= 0.3 is 0 Å². The van der Waals surface area contributed by atoms with E-state index in [4.69, 9.17) is 5.73 Å². The Labute approximate surface area is 107 Å². The van der Waals surface area contributed by atoms with Gasteiger partial charge in [-0.2, -0.15) is 0 Å². The molecule has 2 fully saturated rings. The smallest absolute Gasteiger partial charge is 0.0334 e. The fourth-order valence-electron chi connectivity index (χ4n) is 3.61. The summed E-state index contributed by atoms with van der Waals surface area (Å²) in [7, 11) is 0. The van der Waals surface area contributed by atoms with E-state index in [0.717, 1.165) is 18.5 Å². The summed E-state index contributed by atoms with van der Waals surface area (Å²) in [5.41, 5.74) is 6.56. The van der Waals surface area contributed by atoms with E-state index >= 15 is 0 Å². The first-order valence-corrected chi connectivity index (χ1v) is 7.68. The van der Waals surface area contributed by atoms with Crippen LogP contribution in [0.2, 0.25) is 0 Å². The van der Waals surface area contributed by atoms with Gasteiger partial charge in [0, 0.05) is 18.1 Å². The van der Waals surface area contributed by atoms with Gasteiger partial charge in [-0.05, 0) is 51.0 Å². The summed E-state index contributed by atoms with van der Waals surface area (Å²) < 4.78 is 0. The van der Waals surface area contributed by atoms with Crippen LogP contribution in [-0.2, 0) is 0 Å². The minimum absolute atomic E-state index is 0.349. The molecule has 2 aliphatic rings. The highest BCUT2D eigenvalue weighted by atomic mass is 15.3. The van der Waals surface area contributed by atoms with Crippen molar-refractivity contribution in [2.45, 2.75) is 76.8 Å². The second kappa shape index (κ2) is 5.71. The molecule has 2 N–H and O–H groups in total. The molecule has 2 nitrogen and oxygen atoms in total. The zero-order valence-electron chi connectivity index (χ0n) is 11.8. The zero-order valence-corrected chi connectivity index (χ0v) is 11.8. The van der Waals surface area contributed by atoms with E-state index in [1.54, 1.807) is 0 Å². The molecule has 0 radical (unpaired) electrons. The van der Waals surface area contributed by atoms with E-state index in [0.29, 0.717) is 5.54 Å². The van der Waals surface area contributed by atoms with Crippen LogP contribution in [0.15, 0.2) is 0 Å². The monoisotopic (exact) mass is 238 g/mol. The first-order chi connectivity index (χ1) is 8.22. The van der Waals surface area contributed by atoms with E-state index < -0.39 is 0 Å². The van der Waals surface area contributed by atoms with Crippen molar-refractivity contribution in [3.05, 3.63) is 0 Å². The summed E-state index contributed by atoms with van der Waals surface area (Å²) in [6.07, 6.45) is 10.9. The third kappa shape index (κ3) is 3.03. The standard InChI is InChI=1S/C15H30N2/c1-3-11-17(14-6-7-14)15(12-16)9-4-5-13(2)8-10-15/h13-14H,3-12,16H2,1-2H3. The fourth-order valence-corrected chi connectivity index (χ4v) is 3.61. The summed E-state index contributed by atoms with van der Waals surface area (Å²) in [5, 5.41) is 0. The molecule has 2 saturated carbocycles. The predicted molar refractivity (Wildman–Crippen MR) is 74.1 cm³/mol. The average molecular weight is 238 g/mol. The SMILES string of the molecule is CCCN(C1CC1)C1(CN)CCCC(C)CC1. The summed E-state index contributed by atoms with van der Waals surface area (Å²) >= 11 is 0. The predicted octanol–water partition coefficient (Wildman–Crippen LogP) is 3.16. The Hall–Kier alpha value is -0.0800. The Balaban J connectivity index is 2.09. The lowest BCUT2D eigenvalue weighted by Crippen LogP contribution is -2.55. The molecule has 100 valence electrons. The molecule has 2 unspecified atom stereocenters. The van der Waals surface area contributed by atoms with E-state index in [1.165, 1.54) is 57.9 Å². The van der Waals surface area contributed by atoms with Crippen LogP contribution in [0.1, 0.15) is 65.2 Å². The van der Waals surface area contributed by atoms with E-state index in [-0.39, 0.29) is 0 Å². The Morgan fingerprint density at radius 2 is 1.94 bits per heavy atom. The fraction of sp³-hybridized carbons (Fsp3) is 1.00. The topological polar surface area (TPSA) is 29.3 Å². The normalized spacial score (nSPS) is 34.9. The van der Waals surface area contributed by atoms with Crippen LogP contribution in [0.25, 0.3) is 0 Å². The van der Waals surface area contributed by atoms with Crippen LogP contribution in [-0.4, -0.2) is 29.6 Å². The molecule has 0 aromatic heterocycles. The lowest BCUT2D eigenvalue weighted by Gasteiger charge is -2.43. The molecule has 0 saturated heterocycles. The molecule has 0 aromatic rings. The van der Waals surface area contributed by atoms with Crippen LogP contribution in [0.3, 0.4) is 0 Å². The summed E-state index contributed by atoms with van der Waals surface area (Å²) in [6, 6.07) is 0.868. The summed E-state index contributed by atoms with van der Waals surface area (Å²) in [6.45, 7) is 6.85. The van der Waals surface area contributed by atoms with Crippen molar-refractivity contribution in [2.75, 3.05) is 13.1 Å². The van der Waals surface area contributed by atoms with Crippen molar-refractivity contribution in [1.29, 1.82) is 0 Å². The number of nitrogens with zero attached hydrogens (tertiary/aromatic N) is 1.